The van der Waals surface area contributed by atoms with Crippen LogP contribution in [-0.4, -0.2) is 20.1 Å². The molecule has 0 fully saturated rings. The molecular formula is C13H14N4O2S. The third-order valence-corrected chi connectivity index (χ3v) is 4.17. The zero-order valence-corrected chi connectivity index (χ0v) is 12.0. The molecule has 0 aliphatic carbocycles. The number of primary amides is 1. The molecule has 0 bridgehead atoms. The Hall–Kier alpha value is -2.15. The van der Waals surface area contributed by atoms with Crippen LogP contribution in [0.3, 0.4) is 0 Å². The van der Waals surface area contributed by atoms with Crippen LogP contribution in [0.2, 0.25) is 0 Å². The van der Waals surface area contributed by atoms with Gasteiger partial charge in [0, 0.05) is 11.3 Å². The molecule has 0 unspecified atom stereocenters. The Labute approximate surface area is 118 Å². The molecule has 3 heterocycles. The fourth-order valence-corrected chi connectivity index (χ4v) is 3.34. The highest BCUT2D eigenvalue weighted by atomic mass is 32.1. The lowest BCUT2D eigenvalue weighted by Gasteiger charge is -2.08. The van der Waals surface area contributed by atoms with Gasteiger partial charge < -0.3 is 5.73 Å². The average molecular weight is 290 g/mol. The Morgan fingerprint density at radius 1 is 1.40 bits per heavy atom. The summed E-state index contributed by atoms with van der Waals surface area (Å²) in [4.78, 5) is 24.6. The van der Waals surface area contributed by atoms with E-state index in [2.05, 4.69) is 5.10 Å². The molecule has 3 rings (SSSR count). The van der Waals surface area contributed by atoms with Gasteiger partial charge >= 0.3 is 0 Å². The predicted molar refractivity (Wildman–Crippen MR) is 78.1 cm³/mol. The van der Waals surface area contributed by atoms with Gasteiger partial charge in [-0.25, -0.2) is 4.68 Å². The summed E-state index contributed by atoms with van der Waals surface area (Å²) in [5.41, 5.74) is 6.41. The average Bonchev–Trinajstić information content (AvgIpc) is 2.88. The Morgan fingerprint density at radius 3 is 2.80 bits per heavy atom. The molecule has 20 heavy (non-hydrogen) atoms. The first-order valence-electron chi connectivity index (χ1n) is 6.31. The number of nitrogens with zero attached hydrogens (tertiary/aromatic N) is 3. The van der Waals surface area contributed by atoms with E-state index in [-0.39, 0.29) is 12.1 Å². The monoisotopic (exact) mass is 290 g/mol. The number of amides is 1. The minimum Gasteiger partial charge on any atom is -0.368 e. The van der Waals surface area contributed by atoms with Crippen LogP contribution in [0.5, 0.6) is 0 Å². The molecule has 104 valence electrons. The Balaban J connectivity index is 2.41. The van der Waals surface area contributed by atoms with Crippen LogP contribution in [0, 0.1) is 6.92 Å². The van der Waals surface area contributed by atoms with Gasteiger partial charge in [-0.1, -0.05) is 6.92 Å². The normalized spacial score (nSPS) is 11.5. The summed E-state index contributed by atoms with van der Waals surface area (Å²) in [7, 11) is 0. The minimum atomic E-state index is -0.574. The topological polar surface area (TPSA) is 82.4 Å². The number of rotatable bonds is 3. The first-order chi connectivity index (χ1) is 9.51. The number of hydrogen-bond acceptors (Lipinski definition) is 4. The van der Waals surface area contributed by atoms with Crippen LogP contribution in [0.4, 0.5) is 0 Å². The molecule has 0 radical (unpaired) electrons. The summed E-state index contributed by atoms with van der Waals surface area (Å²) in [5.74, 6) is 0.170. The first kappa shape index (κ1) is 12.9. The smallest absolute Gasteiger partial charge is 0.291 e. The molecule has 0 spiro atoms. The highest BCUT2D eigenvalue weighted by Gasteiger charge is 2.15. The molecule has 0 aliphatic rings. The van der Waals surface area contributed by atoms with Crippen LogP contribution in [-0.2, 0) is 17.8 Å². The standard InChI is InChI=1S/C13H14N4O2S/c1-3-12-15-16(6-11(14)18)13(19)9-5-10-8(17(9)12)4-7(2)20-10/h4-5H,3,6H2,1-2H3,(H2,14,18). The molecule has 0 saturated carbocycles. The van der Waals surface area contributed by atoms with Gasteiger partial charge in [-0.3, -0.25) is 14.0 Å². The lowest BCUT2D eigenvalue weighted by atomic mass is 10.4. The number of aromatic nitrogens is 3. The molecule has 2 N–H and O–H groups in total. The second kappa shape index (κ2) is 4.45. The van der Waals surface area contributed by atoms with E-state index in [0.717, 1.165) is 20.7 Å². The zero-order valence-electron chi connectivity index (χ0n) is 11.2. The van der Waals surface area contributed by atoms with Gasteiger partial charge in [0.25, 0.3) is 5.56 Å². The largest absolute Gasteiger partial charge is 0.368 e. The van der Waals surface area contributed by atoms with Gasteiger partial charge in [0.15, 0.2) is 0 Å². The van der Waals surface area contributed by atoms with Crippen molar-refractivity contribution in [3.8, 4) is 0 Å². The molecule has 6 nitrogen and oxygen atoms in total. The van der Waals surface area contributed by atoms with Gasteiger partial charge in [0.1, 0.15) is 17.9 Å². The summed E-state index contributed by atoms with van der Waals surface area (Å²) in [6.45, 7) is 3.80. The van der Waals surface area contributed by atoms with Crippen molar-refractivity contribution in [2.24, 2.45) is 5.73 Å². The van der Waals surface area contributed by atoms with Crippen molar-refractivity contribution in [2.45, 2.75) is 26.8 Å². The van der Waals surface area contributed by atoms with Crippen molar-refractivity contribution in [1.82, 2.24) is 14.2 Å². The summed E-state index contributed by atoms with van der Waals surface area (Å²) >= 11 is 1.64. The highest BCUT2D eigenvalue weighted by molar-refractivity contribution is 7.19. The molecular weight excluding hydrogens is 276 g/mol. The summed E-state index contributed by atoms with van der Waals surface area (Å²) < 4.78 is 4.07. The van der Waals surface area contributed by atoms with Crippen LogP contribution >= 0.6 is 11.3 Å². The fraction of sp³-hybridized carbons (Fsp3) is 0.308. The minimum absolute atomic E-state index is 0.194. The molecule has 0 saturated heterocycles. The summed E-state index contributed by atoms with van der Waals surface area (Å²) in [6.07, 6.45) is 0.661. The van der Waals surface area contributed by atoms with E-state index in [1.165, 1.54) is 4.88 Å². The van der Waals surface area contributed by atoms with Crippen LogP contribution in [0.1, 0.15) is 17.6 Å². The number of aryl methyl sites for hydroxylation is 2. The van der Waals surface area contributed by atoms with Crippen LogP contribution in [0.25, 0.3) is 15.7 Å². The summed E-state index contributed by atoms with van der Waals surface area (Å²) in [5, 5.41) is 4.26. The predicted octanol–water partition coefficient (Wildman–Crippen LogP) is 1.07. The van der Waals surface area contributed by atoms with Gasteiger partial charge in [0.05, 0.1) is 10.2 Å². The van der Waals surface area contributed by atoms with Gasteiger partial charge in [-0.15, -0.1) is 11.3 Å². The van der Waals surface area contributed by atoms with E-state index in [1.807, 2.05) is 30.4 Å². The lowest BCUT2D eigenvalue weighted by molar-refractivity contribution is -0.118. The number of fused-ring (bicyclic) bond motifs is 3. The third kappa shape index (κ3) is 1.82. The quantitative estimate of drug-likeness (QED) is 0.783. The molecule has 0 atom stereocenters. The Bertz CT molecular complexity index is 887. The maximum Gasteiger partial charge on any atom is 0.291 e. The fourth-order valence-electron chi connectivity index (χ4n) is 2.40. The van der Waals surface area contributed by atoms with Crippen molar-refractivity contribution < 1.29 is 4.79 Å². The second-order valence-corrected chi connectivity index (χ2v) is 5.96. The van der Waals surface area contributed by atoms with E-state index in [9.17, 15) is 9.59 Å². The second-order valence-electron chi connectivity index (χ2n) is 4.67. The maximum atomic E-state index is 12.4. The van der Waals surface area contributed by atoms with Gasteiger partial charge in [-0.05, 0) is 19.1 Å². The first-order valence-corrected chi connectivity index (χ1v) is 7.12. The van der Waals surface area contributed by atoms with E-state index < -0.39 is 5.91 Å². The number of hydrogen-bond donors (Lipinski definition) is 1. The molecule has 3 aromatic rings. The van der Waals surface area contributed by atoms with E-state index >= 15 is 0 Å². The van der Waals surface area contributed by atoms with Gasteiger partial charge in [-0.2, -0.15) is 5.10 Å². The number of carbonyl (C=O) groups is 1. The van der Waals surface area contributed by atoms with Gasteiger partial charge in [0.2, 0.25) is 5.91 Å². The van der Waals surface area contributed by atoms with Crippen molar-refractivity contribution in [3.05, 3.63) is 33.2 Å². The zero-order chi connectivity index (χ0) is 14.4. The van der Waals surface area contributed by atoms with E-state index in [0.29, 0.717) is 11.9 Å². The van der Waals surface area contributed by atoms with Crippen molar-refractivity contribution in [1.29, 1.82) is 0 Å². The molecule has 3 aromatic heterocycles. The lowest BCUT2D eigenvalue weighted by Crippen LogP contribution is -2.32. The van der Waals surface area contributed by atoms with Crippen molar-refractivity contribution in [3.63, 3.8) is 0 Å². The van der Waals surface area contributed by atoms with Crippen molar-refractivity contribution >= 4 is 33.0 Å². The molecule has 7 heteroatoms. The number of nitrogens with two attached hydrogens (primary N) is 1. The van der Waals surface area contributed by atoms with Crippen LogP contribution < -0.4 is 11.3 Å². The number of carbonyl (C=O) groups excluding carboxylic acids is 1. The van der Waals surface area contributed by atoms with Crippen LogP contribution in [0.15, 0.2) is 16.9 Å². The van der Waals surface area contributed by atoms with E-state index in [1.54, 1.807) is 11.3 Å². The summed E-state index contributed by atoms with van der Waals surface area (Å²) in [6, 6.07) is 3.90. The van der Waals surface area contributed by atoms with Crippen molar-refractivity contribution in [2.75, 3.05) is 0 Å². The highest BCUT2D eigenvalue weighted by Crippen LogP contribution is 2.28. The molecule has 0 aromatic carbocycles. The third-order valence-electron chi connectivity index (χ3n) is 3.18. The SMILES string of the molecule is CCc1nn(CC(N)=O)c(=O)c2cc3sc(C)cc3n12. The Morgan fingerprint density at radius 2 is 2.15 bits per heavy atom. The number of thiophene rings is 1. The molecule has 0 aliphatic heterocycles. The molecule has 1 amide bonds. The van der Waals surface area contributed by atoms with E-state index in [4.69, 9.17) is 5.73 Å². The maximum absolute atomic E-state index is 12.4. The Kier molecular flexibility index (Phi) is 2.86.